The fourth-order valence-electron chi connectivity index (χ4n) is 2.34. The molecule has 0 saturated heterocycles. The van der Waals surface area contributed by atoms with E-state index in [1.54, 1.807) is 30.9 Å². The van der Waals surface area contributed by atoms with Crippen molar-refractivity contribution in [2.75, 3.05) is 5.32 Å². The maximum atomic E-state index is 12.5. The molecule has 9 nitrogen and oxygen atoms in total. The van der Waals surface area contributed by atoms with E-state index in [0.717, 1.165) is 5.56 Å². The van der Waals surface area contributed by atoms with Crippen molar-refractivity contribution < 1.29 is 9.72 Å². The number of halogens is 1. The molecular weight excluding hydrogens is 404 g/mol. The molecule has 3 rings (SSSR count). The highest BCUT2D eigenvalue weighted by atomic mass is 35.5. The number of aromatic nitrogens is 4. The van der Waals surface area contributed by atoms with Gasteiger partial charge in [0.15, 0.2) is 11.0 Å². The van der Waals surface area contributed by atoms with E-state index in [1.165, 1.54) is 30.0 Å². The van der Waals surface area contributed by atoms with Gasteiger partial charge in [0.2, 0.25) is 5.91 Å². The van der Waals surface area contributed by atoms with Gasteiger partial charge in [0.1, 0.15) is 0 Å². The number of carbonyl (C=O) groups is 1. The second-order valence-corrected chi connectivity index (χ2v) is 7.49. The molecule has 0 aliphatic heterocycles. The van der Waals surface area contributed by atoms with Crippen LogP contribution in [0.15, 0.2) is 47.9 Å². The smallest absolute Gasteiger partial charge is 0.271 e. The predicted molar refractivity (Wildman–Crippen MR) is 106 cm³/mol. The van der Waals surface area contributed by atoms with Crippen LogP contribution in [0.3, 0.4) is 0 Å². The molecule has 0 fully saturated rings. The van der Waals surface area contributed by atoms with Gasteiger partial charge in [-0.3, -0.25) is 19.9 Å². The number of nitrogens with zero attached hydrogens (tertiary/aromatic N) is 5. The van der Waals surface area contributed by atoms with Crippen LogP contribution in [0.5, 0.6) is 0 Å². The minimum Gasteiger partial charge on any atom is -0.324 e. The molecule has 0 radical (unpaired) electrons. The van der Waals surface area contributed by atoms with E-state index in [4.69, 9.17) is 11.6 Å². The SMILES string of the molecule is CC(Sc1nnc(-c2ccncc2)n1C)C(=O)Nc1cc([N+](=O)[O-])ccc1Cl. The predicted octanol–water partition coefficient (Wildman–Crippen LogP) is 3.56. The van der Waals surface area contributed by atoms with Crippen molar-refractivity contribution in [1.29, 1.82) is 0 Å². The van der Waals surface area contributed by atoms with Gasteiger partial charge < -0.3 is 9.88 Å². The van der Waals surface area contributed by atoms with Crippen molar-refractivity contribution in [3.05, 3.63) is 57.9 Å². The van der Waals surface area contributed by atoms with Gasteiger partial charge in [-0.1, -0.05) is 23.4 Å². The Bertz CT molecular complexity index is 1030. The van der Waals surface area contributed by atoms with E-state index >= 15 is 0 Å². The summed E-state index contributed by atoms with van der Waals surface area (Å²) < 4.78 is 1.78. The third-order valence-corrected chi connectivity index (χ3v) is 5.31. The lowest BCUT2D eigenvalue weighted by Crippen LogP contribution is -2.23. The van der Waals surface area contributed by atoms with E-state index in [1.807, 2.05) is 12.1 Å². The second kappa shape index (κ2) is 8.36. The van der Waals surface area contributed by atoms with Gasteiger partial charge in [-0.05, 0) is 25.1 Å². The van der Waals surface area contributed by atoms with Gasteiger partial charge in [0, 0.05) is 37.1 Å². The highest BCUT2D eigenvalue weighted by Crippen LogP contribution is 2.29. The van der Waals surface area contributed by atoms with Crippen molar-refractivity contribution in [1.82, 2.24) is 19.7 Å². The zero-order chi connectivity index (χ0) is 20.3. The molecular formula is C17H15ClN6O3S. The van der Waals surface area contributed by atoms with Gasteiger partial charge in [-0.2, -0.15) is 0 Å². The number of nitrogens with one attached hydrogen (secondary N) is 1. The van der Waals surface area contributed by atoms with Gasteiger partial charge in [0.25, 0.3) is 5.69 Å². The number of benzene rings is 1. The van der Waals surface area contributed by atoms with Gasteiger partial charge in [-0.25, -0.2) is 0 Å². The molecule has 3 aromatic rings. The molecule has 144 valence electrons. The lowest BCUT2D eigenvalue weighted by Gasteiger charge is -2.12. The molecule has 2 aromatic heterocycles. The fourth-order valence-corrected chi connectivity index (χ4v) is 3.32. The third kappa shape index (κ3) is 4.29. The summed E-state index contributed by atoms with van der Waals surface area (Å²) >= 11 is 7.24. The monoisotopic (exact) mass is 418 g/mol. The first-order chi connectivity index (χ1) is 13.4. The van der Waals surface area contributed by atoms with E-state index < -0.39 is 10.2 Å². The number of hydrogen-bond acceptors (Lipinski definition) is 7. The Balaban J connectivity index is 1.73. The van der Waals surface area contributed by atoms with Crippen molar-refractivity contribution in [3.8, 4) is 11.4 Å². The molecule has 0 bridgehead atoms. The minimum absolute atomic E-state index is 0.157. The number of amides is 1. The number of anilines is 1. The van der Waals surface area contributed by atoms with Crippen LogP contribution in [0.1, 0.15) is 6.92 Å². The van der Waals surface area contributed by atoms with Gasteiger partial charge >= 0.3 is 0 Å². The summed E-state index contributed by atoms with van der Waals surface area (Å²) in [5, 5.41) is 22.1. The number of rotatable bonds is 6. The molecule has 0 aliphatic rings. The number of carbonyl (C=O) groups excluding carboxylic acids is 1. The molecule has 1 aromatic carbocycles. The molecule has 1 unspecified atom stereocenters. The van der Waals surface area contributed by atoms with Crippen LogP contribution in [0.4, 0.5) is 11.4 Å². The van der Waals surface area contributed by atoms with E-state index in [-0.39, 0.29) is 22.3 Å². The van der Waals surface area contributed by atoms with Crippen LogP contribution in [-0.4, -0.2) is 35.8 Å². The van der Waals surface area contributed by atoms with Crippen molar-refractivity contribution >= 4 is 40.6 Å². The molecule has 28 heavy (non-hydrogen) atoms. The Morgan fingerprint density at radius 3 is 2.68 bits per heavy atom. The standard InChI is InChI=1S/C17H15ClN6O3S/c1-10(16(25)20-14-9-12(24(26)27)3-4-13(14)18)28-17-22-21-15(23(17)2)11-5-7-19-8-6-11/h3-10H,1-2H3,(H,20,25). The zero-order valence-corrected chi connectivity index (χ0v) is 16.4. The van der Waals surface area contributed by atoms with E-state index in [0.29, 0.717) is 11.0 Å². The van der Waals surface area contributed by atoms with Crippen LogP contribution < -0.4 is 5.32 Å². The first kappa shape index (κ1) is 19.8. The zero-order valence-electron chi connectivity index (χ0n) is 14.9. The Hall–Kier alpha value is -2.98. The summed E-state index contributed by atoms with van der Waals surface area (Å²) in [6.45, 7) is 1.70. The van der Waals surface area contributed by atoms with Crippen molar-refractivity contribution in [2.24, 2.45) is 7.05 Å². The summed E-state index contributed by atoms with van der Waals surface area (Å²) in [5.41, 5.74) is 0.886. The van der Waals surface area contributed by atoms with Crippen LogP contribution in [0.2, 0.25) is 5.02 Å². The first-order valence-corrected chi connectivity index (χ1v) is 9.34. The molecule has 1 atom stereocenters. The Labute approximate surface area is 169 Å². The maximum absolute atomic E-state index is 12.5. The van der Waals surface area contributed by atoms with Crippen LogP contribution in [0.25, 0.3) is 11.4 Å². The Kier molecular flexibility index (Phi) is 5.90. The van der Waals surface area contributed by atoms with Gasteiger partial charge in [0.05, 0.1) is 20.9 Å². The molecule has 1 N–H and O–H groups in total. The average molecular weight is 419 g/mol. The number of hydrogen-bond donors (Lipinski definition) is 1. The number of nitro benzene ring substituents is 1. The number of pyridine rings is 1. The summed E-state index contributed by atoms with van der Waals surface area (Å²) in [6.07, 6.45) is 3.32. The highest BCUT2D eigenvalue weighted by Gasteiger charge is 2.21. The fraction of sp³-hybridized carbons (Fsp3) is 0.176. The largest absolute Gasteiger partial charge is 0.324 e. The lowest BCUT2D eigenvalue weighted by molar-refractivity contribution is -0.384. The molecule has 1 amide bonds. The molecule has 2 heterocycles. The minimum atomic E-state index is -0.551. The number of thioether (sulfide) groups is 1. The quantitative estimate of drug-likeness (QED) is 0.369. The van der Waals surface area contributed by atoms with Crippen molar-refractivity contribution in [3.63, 3.8) is 0 Å². The molecule has 0 saturated carbocycles. The number of non-ortho nitro benzene ring substituents is 1. The topological polar surface area (TPSA) is 116 Å². The molecule has 0 spiro atoms. The van der Waals surface area contributed by atoms with Crippen LogP contribution in [-0.2, 0) is 11.8 Å². The third-order valence-electron chi connectivity index (χ3n) is 3.84. The van der Waals surface area contributed by atoms with E-state index in [2.05, 4.69) is 20.5 Å². The average Bonchev–Trinajstić information content (AvgIpc) is 3.04. The molecule has 11 heteroatoms. The summed E-state index contributed by atoms with van der Waals surface area (Å²) in [4.78, 5) is 26.8. The van der Waals surface area contributed by atoms with E-state index in [9.17, 15) is 14.9 Å². The summed E-state index contributed by atoms with van der Waals surface area (Å²) in [7, 11) is 1.81. The summed E-state index contributed by atoms with van der Waals surface area (Å²) in [5.74, 6) is 0.292. The van der Waals surface area contributed by atoms with Crippen LogP contribution >= 0.6 is 23.4 Å². The Morgan fingerprint density at radius 1 is 1.29 bits per heavy atom. The highest BCUT2D eigenvalue weighted by molar-refractivity contribution is 8.00. The lowest BCUT2D eigenvalue weighted by atomic mass is 10.2. The molecule has 0 aliphatic carbocycles. The van der Waals surface area contributed by atoms with Crippen molar-refractivity contribution in [2.45, 2.75) is 17.3 Å². The first-order valence-electron chi connectivity index (χ1n) is 8.08. The maximum Gasteiger partial charge on any atom is 0.271 e. The summed E-state index contributed by atoms with van der Waals surface area (Å²) in [6, 6.07) is 7.51. The Morgan fingerprint density at radius 2 is 2.00 bits per heavy atom. The van der Waals surface area contributed by atoms with Gasteiger partial charge in [-0.15, -0.1) is 10.2 Å². The normalized spacial score (nSPS) is 11.8. The second-order valence-electron chi connectivity index (χ2n) is 5.77. The number of nitro groups is 1. The van der Waals surface area contributed by atoms with Crippen LogP contribution in [0, 0.1) is 10.1 Å².